The van der Waals surface area contributed by atoms with Crippen molar-refractivity contribution in [1.29, 1.82) is 0 Å². The van der Waals surface area contributed by atoms with Crippen molar-refractivity contribution in [1.82, 2.24) is 10.2 Å². The van der Waals surface area contributed by atoms with Crippen LogP contribution in [-0.4, -0.2) is 30.4 Å². The van der Waals surface area contributed by atoms with Gasteiger partial charge in [0, 0.05) is 12.5 Å². The van der Waals surface area contributed by atoms with Gasteiger partial charge in [-0.3, -0.25) is 9.69 Å². The van der Waals surface area contributed by atoms with Crippen LogP contribution in [0.3, 0.4) is 0 Å². The molecule has 2 fully saturated rings. The fourth-order valence-electron chi connectivity index (χ4n) is 4.18. The van der Waals surface area contributed by atoms with Crippen LogP contribution in [0.1, 0.15) is 68.5 Å². The number of nitrogens with one attached hydrogen (secondary N) is 1. The van der Waals surface area contributed by atoms with Crippen molar-refractivity contribution >= 4 is 5.91 Å². The van der Waals surface area contributed by atoms with E-state index in [-0.39, 0.29) is 11.8 Å². The summed E-state index contributed by atoms with van der Waals surface area (Å²) in [6.07, 6.45) is 9.72. The van der Waals surface area contributed by atoms with E-state index in [0.717, 1.165) is 32.5 Å². The molecule has 1 aromatic carbocycles. The molecule has 1 saturated carbocycles. The van der Waals surface area contributed by atoms with Gasteiger partial charge >= 0.3 is 0 Å². The molecule has 1 N–H and O–H groups in total. The van der Waals surface area contributed by atoms with Crippen molar-refractivity contribution in [2.45, 2.75) is 64.3 Å². The van der Waals surface area contributed by atoms with E-state index in [2.05, 4.69) is 41.4 Å². The molecule has 1 saturated heterocycles. The molecule has 1 heterocycles. The van der Waals surface area contributed by atoms with Crippen LogP contribution in [0.4, 0.5) is 0 Å². The first-order valence-electron chi connectivity index (χ1n) is 9.82. The average Bonchev–Trinajstić information content (AvgIpc) is 2.98. The Hall–Kier alpha value is -1.35. The molecule has 24 heavy (non-hydrogen) atoms. The molecule has 3 heteroatoms. The van der Waals surface area contributed by atoms with Gasteiger partial charge in [0.2, 0.25) is 5.91 Å². The van der Waals surface area contributed by atoms with E-state index in [0.29, 0.717) is 6.04 Å². The van der Waals surface area contributed by atoms with E-state index in [9.17, 15) is 4.79 Å². The van der Waals surface area contributed by atoms with Gasteiger partial charge in [0.25, 0.3) is 0 Å². The summed E-state index contributed by atoms with van der Waals surface area (Å²) in [6.45, 7) is 5.18. The van der Waals surface area contributed by atoms with E-state index in [1.807, 2.05) is 0 Å². The highest BCUT2D eigenvalue weighted by Crippen LogP contribution is 2.26. The second-order valence-corrected chi connectivity index (χ2v) is 7.60. The normalized spacial score (nSPS) is 21.4. The van der Waals surface area contributed by atoms with Crippen LogP contribution in [0.2, 0.25) is 0 Å². The number of hydrogen-bond donors (Lipinski definition) is 1. The van der Waals surface area contributed by atoms with E-state index in [1.165, 1.54) is 49.7 Å². The fraction of sp³-hybridized carbons (Fsp3) is 0.667. The third kappa shape index (κ3) is 4.60. The van der Waals surface area contributed by atoms with Gasteiger partial charge < -0.3 is 5.32 Å². The monoisotopic (exact) mass is 328 g/mol. The predicted molar refractivity (Wildman–Crippen MR) is 98.9 cm³/mol. The number of amides is 1. The summed E-state index contributed by atoms with van der Waals surface area (Å²) >= 11 is 0. The van der Waals surface area contributed by atoms with E-state index in [1.54, 1.807) is 0 Å². The lowest BCUT2D eigenvalue weighted by molar-refractivity contribution is -0.125. The standard InChI is InChI=1S/C21H32N2O/c1-17-10-12-18(13-11-17)20(23-14-6-7-15-23)16-22-21(24)19-8-4-2-3-5-9-19/h10-13,19-20H,2-9,14-16H2,1H3,(H,22,24). The van der Waals surface area contributed by atoms with Crippen LogP contribution in [0.15, 0.2) is 24.3 Å². The summed E-state index contributed by atoms with van der Waals surface area (Å²) in [6, 6.07) is 9.16. The molecular weight excluding hydrogens is 296 g/mol. The number of benzene rings is 1. The molecule has 0 aromatic heterocycles. The summed E-state index contributed by atoms with van der Waals surface area (Å²) in [5, 5.41) is 3.29. The highest BCUT2D eigenvalue weighted by Gasteiger charge is 2.26. The Labute approximate surface area is 146 Å². The van der Waals surface area contributed by atoms with E-state index >= 15 is 0 Å². The molecule has 3 rings (SSSR count). The largest absolute Gasteiger partial charge is 0.354 e. The summed E-state index contributed by atoms with van der Waals surface area (Å²) in [7, 11) is 0. The number of carbonyl (C=O) groups is 1. The van der Waals surface area contributed by atoms with Gasteiger partial charge in [0.15, 0.2) is 0 Å². The van der Waals surface area contributed by atoms with Crippen LogP contribution < -0.4 is 5.32 Å². The molecule has 0 spiro atoms. The van der Waals surface area contributed by atoms with Gasteiger partial charge in [0.05, 0.1) is 6.04 Å². The van der Waals surface area contributed by atoms with Crippen LogP contribution in [0, 0.1) is 12.8 Å². The number of nitrogens with zero attached hydrogens (tertiary/aromatic N) is 1. The molecule has 1 aliphatic carbocycles. The Morgan fingerprint density at radius 1 is 1.04 bits per heavy atom. The quantitative estimate of drug-likeness (QED) is 0.821. The van der Waals surface area contributed by atoms with Gasteiger partial charge in [-0.1, -0.05) is 55.5 Å². The minimum absolute atomic E-state index is 0.241. The van der Waals surface area contributed by atoms with Crippen LogP contribution >= 0.6 is 0 Å². The molecule has 1 unspecified atom stereocenters. The Morgan fingerprint density at radius 3 is 2.29 bits per heavy atom. The minimum atomic E-state index is 0.241. The Kier molecular flexibility index (Phi) is 6.30. The summed E-state index contributed by atoms with van der Waals surface area (Å²) in [5.74, 6) is 0.526. The maximum atomic E-state index is 12.6. The number of hydrogen-bond acceptors (Lipinski definition) is 2. The lowest BCUT2D eigenvalue weighted by Crippen LogP contribution is -2.39. The van der Waals surface area contributed by atoms with Gasteiger partial charge in [-0.15, -0.1) is 0 Å². The van der Waals surface area contributed by atoms with Crippen molar-refractivity contribution in [2.75, 3.05) is 19.6 Å². The smallest absolute Gasteiger partial charge is 0.223 e. The van der Waals surface area contributed by atoms with Crippen LogP contribution in [0.25, 0.3) is 0 Å². The summed E-state index contributed by atoms with van der Waals surface area (Å²) in [4.78, 5) is 15.2. The molecule has 1 aliphatic heterocycles. The number of carbonyl (C=O) groups excluding carboxylic acids is 1. The molecule has 2 aliphatic rings. The van der Waals surface area contributed by atoms with Gasteiger partial charge in [-0.05, 0) is 51.3 Å². The molecule has 0 bridgehead atoms. The topological polar surface area (TPSA) is 32.3 Å². The lowest BCUT2D eigenvalue weighted by Gasteiger charge is -2.29. The van der Waals surface area contributed by atoms with E-state index < -0.39 is 0 Å². The Balaban J connectivity index is 1.63. The second-order valence-electron chi connectivity index (χ2n) is 7.60. The van der Waals surface area contributed by atoms with Crippen molar-refractivity contribution in [3.05, 3.63) is 35.4 Å². The first-order chi connectivity index (χ1) is 11.7. The second kappa shape index (κ2) is 8.66. The highest BCUT2D eigenvalue weighted by atomic mass is 16.1. The third-order valence-electron chi connectivity index (χ3n) is 5.74. The Bertz CT molecular complexity index is 511. The maximum absolute atomic E-state index is 12.6. The molecule has 1 amide bonds. The first kappa shape index (κ1) is 17.5. The number of aryl methyl sites for hydroxylation is 1. The van der Waals surface area contributed by atoms with Gasteiger partial charge in [-0.25, -0.2) is 0 Å². The minimum Gasteiger partial charge on any atom is -0.354 e. The summed E-state index contributed by atoms with van der Waals surface area (Å²) < 4.78 is 0. The molecule has 1 atom stereocenters. The van der Waals surface area contributed by atoms with Crippen LogP contribution in [0.5, 0.6) is 0 Å². The number of likely N-dealkylation sites (tertiary alicyclic amines) is 1. The SMILES string of the molecule is Cc1ccc(C(CNC(=O)C2CCCCCC2)N2CCCC2)cc1. The van der Waals surface area contributed by atoms with Crippen molar-refractivity contribution in [3.8, 4) is 0 Å². The number of rotatable bonds is 5. The van der Waals surface area contributed by atoms with Crippen LogP contribution in [-0.2, 0) is 4.79 Å². The zero-order valence-electron chi connectivity index (χ0n) is 15.1. The highest BCUT2D eigenvalue weighted by molar-refractivity contribution is 5.78. The van der Waals surface area contributed by atoms with Gasteiger partial charge in [0.1, 0.15) is 0 Å². The van der Waals surface area contributed by atoms with Crippen molar-refractivity contribution in [3.63, 3.8) is 0 Å². The molecule has 132 valence electrons. The summed E-state index contributed by atoms with van der Waals surface area (Å²) in [5.41, 5.74) is 2.63. The predicted octanol–water partition coefficient (Wildman–Crippen LogP) is 4.22. The van der Waals surface area contributed by atoms with Crippen molar-refractivity contribution in [2.24, 2.45) is 5.92 Å². The zero-order chi connectivity index (χ0) is 16.8. The third-order valence-corrected chi connectivity index (χ3v) is 5.74. The zero-order valence-corrected chi connectivity index (χ0v) is 15.1. The Morgan fingerprint density at radius 2 is 1.67 bits per heavy atom. The van der Waals surface area contributed by atoms with E-state index in [4.69, 9.17) is 0 Å². The molecular formula is C21H32N2O. The lowest BCUT2D eigenvalue weighted by atomic mass is 9.98. The molecule has 1 aromatic rings. The maximum Gasteiger partial charge on any atom is 0.223 e. The fourth-order valence-corrected chi connectivity index (χ4v) is 4.18. The average molecular weight is 329 g/mol. The molecule has 3 nitrogen and oxygen atoms in total. The van der Waals surface area contributed by atoms with Crippen molar-refractivity contribution < 1.29 is 4.79 Å². The molecule has 0 radical (unpaired) electrons. The van der Waals surface area contributed by atoms with Gasteiger partial charge in [-0.2, -0.15) is 0 Å². The first-order valence-corrected chi connectivity index (χ1v) is 9.82.